The fourth-order valence-corrected chi connectivity index (χ4v) is 5.68. The number of fused-ring (bicyclic) bond motifs is 3. The van der Waals surface area contributed by atoms with E-state index in [4.69, 9.17) is 4.74 Å². The molecule has 3 aromatic rings. The molecule has 0 saturated carbocycles. The zero-order chi connectivity index (χ0) is 27.9. The van der Waals surface area contributed by atoms with Gasteiger partial charge in [-0.3, -0.25) is 14.4 Å². The first-order valence-corrected chi connectivity index (χ1v) is 12.7. The van der Waals surface area contributed by atoms with E-state index in [1.165, 1.54) is 12.0 Å². The van der Waals surface area contributed by atoms with Gasteiger partial charge < -0.3 is 25.3 Å². The number of nitrogens with zero attached hydrogens (tertiary/aromatic N) is 3. The maximum atomic E-state index is 13.9. The molecule has 1 spiro atoms. The number of anilines is 1. The molecule has 3 amide bonds. The van der Waals surface area contributed by atoms with Crippen molar-refractivity contribution in [2.75, 3.05) is 19.0 Å². The smallest absolute Gasteiger partial charge is 0.268 e. The zero-order valence-corrected chi connectivity index (χ0v) is 21.9. The quantitative estimate of drug-likeness (QED) is 0.450. The van der Waals surface area contributed by atoms with E-state index in [1.807, 2.05) is 38.1 Å². The number of aromatic nitrogens is 1. The number of ether oxygens (including phenoxy) is 1. The number of hydrogen-bond donors (Lipinski definition) is 3. The lowest BCUT2D eigenvalue weighted by molar-refractivity contribution is -0.134. The molecule has 10 heteroatoms. The Kier molecular flexibility index (Phi) is 6.49. The molecule has 3 atom stereocenters. The van der Waals surface area contributed by atoms with Gasteiger partial charge in [0.25, 0.3) is 5.91 Å². The van der Waals surface area contributed by atoms with Crippen LogP contribution in [0.4, 0.5) is 5.69 Å². The van der Waals surface area contributed by atoms with Gasteiger partial charge in [-0.05, 0) is 42.2 Å². The molecular weight excluding hydrogens is 496 g/mol. The summed E-state index contributed by atoms with van der Waals surface area (Å²) in [4.78, 5) is 44.8. The Labute approximate surface area is 225 Å². The number of methoxy groups -OCH3 is 1. The van der Waals surface area contributed by atoms with E-state index in [0.717, 1.165) is 5.56 Å². The predicted molar refractivity (Wildman–Crippen MR) is 143 cm³/mol. The second-order valence-electron chi connectivity index (χ2n) is 10.5. The van der Waals surface area contributed by atoms with Crippen LogP contribution in [0.5, 0.6) is 5.75 Å². The van der Waals surface area contributed by atoms with E-state index in [0.29, 0.717) is 34.3 Å². The van der Waals surface area contributed by atoms with Crippen molar-refractivity contribution >= 4 is 34.3 Å². The molecular formula is C29H28N6O4. The number of aromatic amines is 1. The Hall–Kier alpha value is -4.83. The van der Waals surface area contributed by atoms with Gasteiger partial charge in [0.1, 0.15) is 23.5 Å². The van der Waals surface area contributed by atoms with Crippen LogP contribution < -0.4 is 15.4 Å². The van der Waals surface area contributed by atoms with Crippen LogP contribution in [0.3, 0.4) is 0 Å². The van der Waals surface area contributed by atoms with Gasteiger partial charge in [-0.25, -0.2) is 0 Å². The molecule has 0 bridgehead atoms. The molecule has 2 aliphatic heterocycles. The van der Waals surface area contributed by atoms with Crippen LogP contribution in [0, 0.1) is 28.6 Å². The Balaban J connectivity index is 1.43. The lowest BCUT2D eigenvalue weighted by Gasteiger charge is -2.28. The molecule has 10 nitrogen and oxygen atoms in total. The van der Waals surface area contributed by atoms with Crippen LogP contribution in [-0.4, -0.2) is 53.3 Å². The number of carbonyl (C=O) groups excluding carboxylic acids is 3. The highest BCUT2D eigenvalue weighted by atomic mass is 16.5. The highest BCUT2D eigenvalue weighted by Crippen LogP contribution is 2.46. The molecule has 3 heterocycles. The van der Waals surface area contributed by atoms with Gasteiger partial charge in [-0.15, -0.1) is 0 Å². The predicted octanol–water partition coefficient (Wildman–Crippen LogP) is 3.21. The molecule has 0 unspecified atom stereocenters. The summed E-state index contributed by atoms with van der Waals surface area (Å²) in [5.74, 6) is -0.626. The van der Waals surface area contributed by atoms with Gasteiger partial charge in [0.05, 0.1) is 35.7 Å². The summed E-state index contributed by atoms with van der Waals surface area (Å²) in [7, 11) is 1.48. The number of benzene rings is 2. The van der Waals surface area contributed by atoms with E-state index < -0.39 is 29.3 Å². The van der Waals surface area contributed by atoms with Gasteiger partial charge in [0.2, 0.25) is 11.8 Å². The Morgan fingerprint density at radius 2 is 2.00 bits per heavy atom. The first-order chi connectivity index (χ1) is 18.7. The van der Waals surface area contributed by atoms with Gasteiger partial charge in [-0.2, -0.15) is 10.5 Å². The molecule has 5 rings (SSSR count). The lowest BCUT2D eigenvalue weighted by atomic mass is 9.80. The third kappa shape index (κ3) is 4.34. The molecule has 1 fully saturated rings. The second kappa shape index (κ2) is 9.80. The largest absolute Gasteiger partial charge is 0.496 e. The molecule has 39 heavy (non-hydrogen) atoms. The molecule has 1 saturated heterocycles. The van der Waals surface area contributed by atoms with E-state index in [2.05, 4.69) is 27.8 Å². The van der Waals surface area contributed by atoms with Crippen LogP contribution in [-0.2, 0) is 15.0 Å². The van der Waals surface area contributed by atoms with Crippen molar-refractivity contribution in [1.82, 2.24) is 15.2 Å². The summed E-state index contributed by atoms with van der Waals surface area (Å²) in [5.41, 5.74) is 1.60. The molecule has 2 aromatic carbocycles. The summed E-state index contributed by atoms with van der Waals surface area (Å²) in [6, 6.07) is 14.7. The maximum Gasteiger partial charge on any atom is 0.268 e. The minimum absolute atomic E-state index is 0.0535. The Bertz CT molecular complexity index is 1580. The van der Waals surface area contributed by atoms with Crippen molar-refractivity contribution in [1.29, 1.82) is 10.5 Å². The Morgan fingerprint density at radius 3 is 2.69 bits per heavy atom. The maximum absolute atomic E-state index is 13.9. The van der Waals surface area contributed by atoms with Crippen molar-refractivity contribution < 1.29 is 19.1 Å². The van der Waals surface area contributed by atoms with E-state index >= 15 is 0 Å². The molecule has 1 aromatic heterocycles. The Morgan fingerprint density at radius 1 is 1.23 bits per heavy atom. The molecule has 0 aliphatic carbocycles. The summed E-state index contributed by atoms with van der Waals surface area (Å²) in [5, 5.41) is 25.6. The normalized spacial score (nSPS) is 20.4. The average molecular weight is 525 g/mol. The topological polar surface area (TPSA) is 151 Å². The van der Waals surface area contributed by atoms with Crippen LogP contribution in [0.1, 0.15) is 48.3 Å². The van der Waals surface area contributed by atoms with Gasteiger partial charge in [0.15, 0.2) is 0 Å². The highest BCUT2D eigenvalue weighted by Gasteiger charge is 2.56. The molecule has 2 aliphatic rings. The summed E-state index contributed by atoms with van der Waals surface area (Å²) in [6.07, 6.45) is 0.528. The van der Waals surface area contributed by atoms with Crippen molar-refractivity contribution in [2.45, 2.75) is 44.2 Å². The number of rotatable bonds is 6. The summed E-state index contributed by atoms with van der Waals surface area (Å²) >= 11 is 0. The van der Waals surface area contributed by atoms with Crippen LogP contribution in [0.15, 0.2) is 42.5 Å². The second-order valence-corrected chi connectivity index (χ2v) is 10.5. The fraction of sp³-hybridized carbons (Fsp3) is 0.345. The van der Waals surface area contributed by atoms with Gasteiger partial charge >= 0.3 is 0 Å². The van der Waals surface area contributed by atoms with Gasteiger partial charge in [-0.1, -0.05) is 32.0 Å². The number of nitrogens with one attached hydrogen (secondary N) is 3. The van der Waals surface area contributed by atoms with Crippen LogP contribution in [0.25, 0.3) is 10.9 Å². The number of para-hydroxylation sites is 1. The van der Waals surface area contributed by atoms with Gasteiger partial charge in [0, 0.05) is 24.0 Å². The lowest BCUT2D eigenvalue weighted by Crippen LogP contribution is -2.51. The minimum Gasteiger partial charge on any atom is -0.496 e. The highest BCUT2D eigenvalue weighted by molar-refractivity contribution is 6.07. The number of hydrogen-bond acceptors (Lipinski definition) is 6. The van der Waals surface area contributed by atoms with E-state index in [9.17, 15) is 24.9 Å². The number of likely N-dealkylation sites (tertiary alicyclic amines) is 1. The van der Waals surface area contributed by atoms with Crippen molar-refractivity contribution in [3.05, 3.63) is 59.3 Å². The third-order valence-electron chi connectivity index (χ3n) is 7.52. The monoisotopic (exact) mass is 524 g/mol. The fourth-order valence-electron chi connectivity index (χ4n) is 5.68. The summed E-state index contributed by atoms with van der Waals surface area (Å²) < 4.78 is 5.38. The van der Waals surface area contributed by atoms with Crippen LogP contribution in [0.2, 0.25) is 0 Å². The summed E-state index contributed by atoms with van der Waals surface area (Å²) in [6.45, 7) is 3.94. The van der Waals surface area contributed by atoms with E-state index in [-0.39, 0.29) is 30.5 Å². The SMILES string of the molecule is COc1cc(C#N)cc2[nH]c(C(=O)N[C@@H](CC(C)C)C(=O)N3C[C@]4(C[C@H]3C#N)C(=O)Nc3ccccc34)cc12. The number of nitriles is 2. The van der Waals surface area contributed by atoms with E-state index in [1.54, 1.807) is 18.2 Å². The number of carbonyl (C=O) groups is 3. The minimum atomic E-state index is -1.01. The first kappa shape index (κ1) is 25.8. The molecule has 0 radical (unpaired) electrons. The third-order valence-corrected chi connectivity index (χ3v) is 7.52. The molecule has 198 valence electrons. The number of amides is 3. The molecule has 3 N–H and O–H groups in total. The van der Waals surface area contributed by atoms with Crippen molar-refractivity contribution in [3.63, 3.8) is 0 Å². The van der Waals surface area contributed by atoms with Crippen molar-refractivity contribution in [2.24, 2.45) is 5.92 Å². The zero-order valence-electron chi connectivity index (χ0n) is 21.9. The van der Waals surface area contributed by atoms with Crippen molar-refractivity contribution in [3.8, 4) is 17.9 Å². The number of H-pyrrole nitrogens is 1. The first-order valence-electron chi connectivity index (χ1n) is 12.7. The average Bonchev–Trinajstić information content (AvgIpc) is 3.61. The van der Waals surface area contributed by atoms with Crippen LogP contribution >= 0.6 is 0 Å². The standard InChI is InChI=1S/C29H28N6O4/c1-16(2)8-24(33-26(36)23-11-19-22(32-23)9-17(13-30)10-25(19)39-3)27(37)35-15-29(12-18(35)14-31)20-6-4-5-7-21(20)34-28(29)38/h4-7,9-11,16,18,24,32H,8,12,15H2,1-3H3,(H,33,36)(H,34,38)/t18-,24-,29-/m0/s1.